The SMILES string of the molecule is C=CCC(=O)Nc1ccon1. The summed E-state index contributed by atoms with van der Waals surface area (Å²) in [6.07, 6.45) is 3.20. The smallest absolute Gasteiger partial charge is 0.229 e. The highest BCUT2D eigenvalue weighted by Crippen LogP contribution is 2.01. The highest BCUT2D eigenvalue weighted by Gasteiger charge is 2.00. The van der Waals surface area contributed by atoms with Crippen LogP contribution in [0.3, 0.4) is 0 Å². The van der Waals surface area contributed by atoms with Gasteiger partial charge in [0.1, 0.15) is 6.26 Å². The number of rotatable bonds is 3. The summed E-state index contributed by atoms with van der Waals surface area (Å²) in [6, 6.07) is 1.57. The first-order valence-electron chi connectivity index (χ1n) is 3.14. The molecule has 1 amide bonds. The monoisotopic (exact) mass is 152 g/mol. The Morgan fingerprint density at radius 3 is 3.27 bits per heavy atom. The number of carbonyl (C=O) groups excluding carboxylic acids is 1. The second-order valence-electron chi connectivity index (χ2n) is 1.93. The van der Waals surface area contributed by atoms with Gasteiger partial charge < -0.3 is 9.84 Å². The summed E-state index contributed by atoms with van der Waals surface area (Å²) in [5.74, 6) is 0.283. The Morgan fingerprint density at radius 1 is 1.91 bits per heavy atom. The molecule has 0 aliphatic carbocycles. The predicted molar refractivity (Wildman–Crippen MR) is 39.9 cm³/mol. The van der Waals surface area contributed by atoms with E-state index >= 15 is 0 Å². The van der Waals surface area contributed by atoms with Crippen LogP contribution in [0.25, 0.3) is 0 Å². The van der Waals surface area contributed by atoms with E-state index in [0.717, 1.165) is 0 Å². The molecule has 0 fully saturated rings. The van der Waals surface area contributed by atoms with Gasteiger partial charge in [-0.25, -0.2) is 0 Å². The zero-order valence-corrected chi connectivity index (χ0v) is 5.91. The molecular weight excluding hydrogens is 144 g/mol. The number of carbonyl (C=O) groups is 1. The van der Waals surface area contributed by atoms with Gasteiger partial charge in [-0.15, -0.1) is 6.58 Å². The minimum Gasteiger partial charge on any atom is -0.363 e. The van der Waals surface area contributed by atoms with Crippen LogP contribution in [-0.4, -0.2) is 11.1 Å². The fraction of sp³-hybridized carbons (Fsp3) is 0.143. The molecule has 1 rings (SSSR count). The standard InChI is InChI=1S/C7H8N2O2/c1-2-3-7(10)8-6-4-5-11-9-6/h2,4-5H,1,3H2,(H,8,9,10). The predicted octanol–water partition coefficient (Wildman–Crippen LogP) is 1.19. The third kappa shape index (κ3) is 2.25. The third-order valence-electron chi connectivity index (χ3n) is 1.04. The summed E-state index contributed by atoms with van der Waals surface area (Å²) in [5, 5.41) is 6.00. The van der Waals surface area contributed by atoms with Crippen LogP contribution in [0.15, 0.2) is 29.5 Å². The van der Waals surface area contributed by atoms with Crippen LogP contribution in [0.5, 0.6) is 0 Å². The van der Waals surface area contributed by atoms with Crippen molar-refractivity contribution in [3.63, 3.8) is 0 Å². The summed E-state index contributed by atoms with van der Waals surface area (Å²) in [4.78, 5) is 10.8. The van der Waals surface area contributed by atoms with Crippen LogP contribution in [0.1, 0.15) is 6.42 Å². The molecule has 0 atom stereocenters. The van der Waals surface area contributed by atoms with E-state index in [4.69, 9.17) is 0 Å². The molecular formula is C7H8N2O2. The van der Waals surface area contributed by atoms with Crippen molar-refractivity contribution < 1.29 is 9.32 Å². The van der Waals surface area contributed by atoms with E-state index in [0.29, 0.717) is 5.82 Å². The molecule has 1 heterocycles. The quantitative estimate of drug-likeness (QED) is 0.662. The van der Waals surface area contributed by atoms with Crippen LogP contribution in [0, 0.1) is 0 Å². The van der Waals surface area contributed by atoms with E-state index in [1.807, 2.05) is 0 Å². The van der Waals surface area contributed by atoms with Crippen LogP contribution in [0.2, 0.25) is 0 Å². The molecule has 1 aromatic heterocycles. The molecule has 0 aliphatic heterocycles. The van der Waals surface area contributed by atoms with Gasteiger partial charge in [0.15, 0.2) is 5.82 Å². The van der Waals surface area contributed by atoms with Crippen LogP contribution in [0.4, 0.5) is 5.82 Å². The van der Waals surface area contributed by atoms with Crippen molar-refractivity contribution in [1.29, 1.82) is 0 Å². The summed E-state index contributed by atoms with van der Waals surface area (Å²) in [6.45, 7) is 3.43. The first kappa shape index (κ1) is 7.53. The van der Waals surface area contributed by atoms with Gasteiger partial charge in [-0.05, 0) is 0 Å². The molecule has 0 aromatic carbocycles. The Balaban J connectivity index is 2.43. The van der Waals surface area contributed by atoms with Gasteiger partial charge >= 0.3 is 0 Å². The molecule has 1 aromatic rings. The average Bonchev–Trinajstić information content (AvgIpc) is 2.40. The van der Waals surface area contributed by atoms with E-state index in [2.05, 4.69) is 21.6 Å². The van der Waals surface area contributed by atoms with E-state index in [-0.39, 0.29) is 12.3 Å². The van der Waals surface area contributed by atoms with E-state index in [1.165, 1.54) is 12.3 Å². The first-order chi connectivity index (χ1) is 5.33. The molecule has 4 nitrogen and oxygen atoms in total. The number of amides is 1. The molecule has 4 heteroatoms. The van der Waals surface area contributed by atoms with Crippen molar-refractivity contribution >= 4 is 11.7 Å². The number of hydrogen-bond donors (Lipinski definition) is 1. The van der Waals surface area contributed by atoms with Crippen molar-refractivity contribution in [2.75, 3.05) is 5.32 Å². The lowest BCUT2D eigenvalue weighted by molar-refractivity contribution is -0.115. The molecule has 0 radical (unpaired) electrons. The third-order valence-corrected chi connectivity index (χ3v) is 1.04. The Labute approximate surface area is 63.9 Å². The van der Waals surface area contributed by atoms with Gasteiger partial charge in [-0.1, -0.05) is 11.2 Å². The topological polar surface area (TPSA) is 55.1 Å². The molecule has 0 spiro atoms. The maximum Gasteiger partial charge on any atom is 0.229 e. The lowest BCUT2D eigenvalue weighted by Gasteiger charge is -1.94. The Bertz CT molecular complexity index is 241. The summed E-state index contributed by atoms with van der Waals surface area (Å²) < 4.78 is 4.50. The average molecular weight is 152 g/mol. The Morgan fingerprint density at radius 2 is 2.73 bits per heavy atom. The lowest BCUT2D eigenvalue weighted by atomic mass is 10.4. The van der Waals surface area contributed by atoms with E-state index in [1.54, 1.807) is 6.07 Å². The highest BCUT2D eigenvalue weighted by molar-refractivity contribution is 5.90. The van der Waals surface area contributed by atoms with Crippen molar-refractivity contribution in [3.05, 3.63) is 25.0 Å². The summed E-state index contributed by atoms with van der Waals surface area (Å²) in [5.41, 5.74) is 0. The second kappa shape index (κ2) is 3.55. The number of nitrogens with one attached hydrogen (secondary N) is 1. The number of aromatic nitrogens is 1. The fourth-order valence-electron chi connectivity index (χ4n) is 0.602. The maximum absolute atomic E-state index is 10.8. The zero-order chi connectivity index (χ0) is 8.10. The van der Waals surface area contributed by atoms with E-state index in [9.17, 15) is 4.79 Å². The van der Waals surface area contributed by atoms with Gasteiger partial charge in [0, 0.05) is 12.5 Å². The maximum atomic E-state index is 10.8. The van der Waals surface area contributed by atoms with Gasteiger partial charge in [0.2, 0.25) is 5.91 Å². The minimum atomic E-state index is -0.145. The van der Waals surface area contributed by atoms with Gasteiger partial charge in [0.25, 0.3) is 0 Å². The largest absolute Gasteiger partial charge is 0.363 e. The summed E-state index contributed by atoms with van der Waals surface area (Å²) in [7, 11) is 0. The first-order valence-corrected chi connectivity index (χ1v) is 3.14. The molecule has 0 aliphatic rings. The Hall–Kier alpha value is -1.58. The van der Waals surface area contributed by atoms with E-state index < -0.39 is 0 Å². The number of hydrogen-bond acceptors (Lipinski definition) is 3. The van der Waals surface area contributed by atoms with Gasteiger partial charge in [0.05, 0.1) is 0 Å². The minimum absolute atomic E-state index is 0.145. The molecule has 0 saturated heterocycles. The molecule has 0 saturated carbocycles. The Kier molecular flexibility index (Phi) is 2.43. The highest BCUT2D eigenvalue weighted by atomic mass is 16.5. The van der Waals surface area contributed by atoms with Crippen LogP contribution in [-0.2, 0) is 4.79 Å². The zero-order valence-electron chi connectivity index (χ0n) is 5.91. The van der Waals surface area contributed by atoms with Gasteiger partial charge in [-0.3, -0.25) is 4.79 Å². The normalized spacial score (nSPS) is 9.09. The molecule has 1 N–H and O–H groups in total. The molecule has 11 heavy (non-hydrogen) atoms. The molecule has 0 unspecified atom stereocenters. The lowest BCUT2D eigenvalue weighted by Crippen LogP contribution is -2.09. The van der Waals surface area contributed by atoms with Crippen LogP contribution >= 0.6 is 0 Å². The van der Waals surface area contributed by atoms with Crippen molar-refractivity contribution in [2.45, 2.75) is 6.42 Å². The van der Waals surface area contributed by atoms with Crippen LogP contribution < -0.4 is 5.32 Å². The van der Waals surface area contributed by atoms with Crippen molar-refractivity contribution in [3.8, 4) is 0 Å². The van der Waals surface area contributed by atoms with Crippen molar-refractivity contribution in [2.24, 2.45) is 0 Å². The van der Waals surface area contributed by atoms with Gasteiger partial charge in [-0.2, -0.15) is 0 Å². The number of anilines is 1. The van der Waals surface area contributed by atoms with Crippen molar-refractivity contribution in [1.82, 2.24) is 5.16 Å². The summed E-state index contributed by atoms with van der Waals surface area (Å²) >= 11 is 0. The second-order valence-corrected chi connectivity index (χ2v) is 1.93. The molecule has 0 bridgehead atoms. The number of nitrogens with zero attached hydrogens (tertiary/aromatic N) is 1. The fourth-order valence-corrected chi connectivity index (χ4v) is 0.602. The molecule has 58 valence electrons.